The van der Waals surface area contributed by atoms with Crippen LogP contribution in [0.3, 0.4) is 0 Å². The second-order valence-electron chi connectivity index (χ2n) is 7.57. The van der Waals surface area contributed by atoms with E-state index in [1.807, 2.05) is 13.8 Å². The summed E-state index contributed by atoms with van der Waals surface area (Å²) in [6.07, 6.45) is 0. The normalized spacial score (nSPS) is 13.5. The minimum absolute atomic E-state index is 0.0738. The Hall–Kier alpha value is -3.32. The predicted octanol–water partition coefficient (Wildman–Crippen LogP) is 6.27. The number of halogens is 3. The second kappa shape index (κ2) is 9.50. The fourth-order valence-corrected chi connectivity index (χ4v) is 3.75. The Kier molecular flexibility index (Phi) is 6.66. The van der Waals surface area contributed by atoms with Gasteiger partial charge in [-0.3, -0.25) is 9.59 Å². The summed E-state index contributed by atoms with van der Waals surface area (Å²) in [5.74, 6) is -1.46. The summed E-state index contributed by atoms with van der Waals surface area (Å²) in [7, 11) is 0. The number of benzene rings is 3. The highest BCUT2D eigenvalue weighted by molar-refractivity contribution is 6.53. The Balaban J connectivity index is 1.48. The summed E-state index contributed by atoms with van der Waals surface area (Å²) in [4.78, 5) is 39.0. The number of carbonyl (C=O) groups is 3. The molecule has 3 aromatic rings. The SMILES string of the molecule is Cc1cc(OC(=O)c2ccc(NC3=C(Cl)C(=O)N(c4ccc(C)c(Cl)c4)C3=O)cc2)ccc1Cl. The number of anilines is 2. The monoisotopic (exact) mass is 514 g/mol. The van der Waals surface area contributed by atoms with Crippen molar-refractivity contribution >= 4 is 64.0 Å². The molecule has 1 heterocycles. The Morgan fingerprint density at radius 1 is 0.824 bits per heavy atom. The van der Waals surface area contributed by atoms with Gasteiger partial charge in [0.05, 0.1) is 11.3 Å². The fraction of sp³-hybridized carbons (Fsp3) is 0.0800. The van der Waals surface area contributed by atoms with Gasteiger partial charge in [-0.15, -0.1) is 0 Å². The van der Waals surface area contributed by atoms with Crippen molar-refractivity contribution in [3.05, 3.63) is 98.1 Å². The number of rotatable bonds is 5. The number of imide groups is 1. The molecule has 1 aliphatic rings. The van der Waals surface area contributed by atoms with Gasteiger partial charge in [0, 0.05) is 15.7 Å². The van der Waals surface area contributed by atoms with Crippen molar-refractivity contribution < 1.29 is 19.1 Å². The first-order valence-electron chi connectivity index (χ1n) is 10.1. The van der Waals surface area contributed by atoms with Gasteiger partial charge in [0.1, 0.15) is 16.5 Å². The molecule has 1 N–H and O–H groups in total. The van der Waals surface area contributed by atoms with Gasteiger partial charge in [-0.2, -0.15) is 0 Å². The summed E-state index contributed by atoms with van der Waals surface area (Å²) in [5, 5.41) is 3.61. The molecule has 0 saturated carbocycles. The average Bonchev–Trinajstić information content (AvgIpc) is 3.02. The minimum Gasteiger partial charge on any atom is -0.423 e. The third-order valence-electron chi connectivity index (χ3n) is 5.17. The van der Waals surface area contributed by atoms with Gasteiger partial charge in [0.25, 0.3) is 11.8 Å². The lowest BCUT2D eigenvalue weighted by Gasteiger charge is -2.16. The van der Waals surface area contributed by atoms with Crippen LogP contribution in [0, 0.1) is 13.8 Å². The molecule has 0 saturated heterocycles. The highest BCUT2D eigenvalue weighted by Crippen LogP contribution is 2.32. The van der Waals surface area contributed by atoms with Gasteiger partial charge in [-0.1, -0.05) is 40.9 Å². The van der Waals surface area contributed by atoms with Crippen LogP contribution in [-0.4, -0.2) is 17.8 Å². The molecule has 0 aromatic heterocycles. The van der Waals surface area contributed by atoms with Crippen molar-refractivity contribution in [2.45, 2.75) is 13.8 Å². The van der Waals surface area contributed by atoms with E-state index in [9.17, 15) is 14.4 Å². The summed E-state index contributed by atoms with van der Waals surface area (Å²) < 4.78 is 5.37. The number of hydrogen-bond donors (Lipinski definition) is 1. The second-order valence-corrected chi connectivity index (χ2v) is 8.76. The number of nitrogens with zero attached hydrogens (tertiary/aromatic N) is 1. The third-order valence-corrected chi connectivity index (χ3v) is 6.35. The van der Waals surface area contributed by atoms with E-state index in [1.54, 1.807) is 42.5 Å². The first kappa shape index (κ1) is 23.8. The van der Waals surface area contributed by atoms with Gasteiger partial charge < -0.3 is 10.1 Å². The van der Waals surface area contributed by atoms with Crippen LogP contribution >= 0.6 is 34.8 Å². The maximum Gasteiger partial charge on any atom is 0.343 e. The van der Waals surface area contributed by atoms with E-state index >= 15 is 0 Å². The molecule has 34 heavy (non-hydrogen) atoms. The summed E-state index contributed by atoms with van der Waals surface area (Å²) in [5.41, 5.74) is 2.59. The molecule has 0 unspecified atom stereocenters. The highest BCUT2D eigenvalue weighted by Gasteiger charge is 2.39. The van der Waals surface area contributed by atoms with Crippen molar-refractivity contribution in [3.8, 4) is 5.75 Å². The maximum atomic E-state index is 12.9. The van der Waals surface area contributed by atoms with E-state index in [0.717, 1.165) is 16.0 Å². The Morgan fingerprint density at radius 2 is 1.53 bits per heavy atom. The Labute approximate surface area is 210 Å². The molecule has 0 bridgehead atoms. The number of aryl methyl sites for hydroxylation is 2. The number of carbonyl (C=O) groups excluding carboxylic acids is 3. The summed E-state index contributed by atoms with van der Waals surface area (Å²) in [6.45, 7) is 3.62. The predicted molar refractivity (Wildman–Crippen MR) is 133 cm³/mol. The van der Waals surface area contributed by atoms with Crippen LogP contribution in [0.2, 0.25) is 10.0 Å². The topological polar surface area (TPSA) is 75.7 Å². The molecule has 0 radical (unpaired) electrons. The van der Waals surface area contributed by atoms with Crippen molar-refractivity contribution in [2.75, 3.05) is 10.2 Å². The molecular weight excluding hydrogens is 499 g/mol. The van der Waals surface area contributed by atoms with Gasteiger partial charge >= 0.3 is 5.97 Å². The van der Waals surface area contributed by atoms with Gasteiger partial charge in [0.2, 0.25) is 0 Å². The first-order valence-corrected chi connectivity index (χ1v) is 11.2. The minimum atomic E-state index is -0.660. The molecule has 1 aliphatic heterocycles. The maximum absolute atomic E-state index is 12.9. The van der Waals surface area contributed by atoms with Crippen LogP contribution in [0.25, 0.3) is 0 Å². The lowest BCUT2D eigenvalue weighted by Crippen LogP contribution is -2.32. The number of ether oxygens (including phenoxy) is 1. The van der Waals surface area contributed by atoms with Crippen LogP contribution in [0.1, 0.15) is 21.5 Å². The molecule has 4 rings (SSSR count). The number of nitrogens with one attached hydrogen (secondary N) is 1. The number of amides is 2. The van der Waals surface area contributed by atoms with E-state index in [4.69, 9.17) is 39.5 Å². The lowest BCUT2D eigenvalue weighted by atomic mass is 10.2. The molecular formula is C25H17Cl3N2O4. The first-order chi connectivity index (χ1) is 16.2. The largest absolute Gasteiger partial charge is 0.423 e. The molecule has 0 atom stereocenters. The Bertz CT molecular complexity index is 1370. The average molecular weight is 516 g/mol. The zero-order valence-corrected chi connectivity index (χ0v) is 20.3. The quantitative estimate of drug-likeness (QED) is 0.246. The van der Waals surface area contributed by atoms with E-state index in [0.29, 0.717) is 32.7 Å². The third kappa shape index (κ3) is 4.66. The summed E-state index contributed by atoms with van der Waals surface area (Å²) >= 11 is 18.3. The van der Waals surface area contributed by atoms with Crippen LogP contribution < -0.4 is 15.0 Å². The standard InChI is InChI=1S/C25H17Cl3N2O4/c1-13-3-8-17(12-20(13)27)30-23(31)21(28)22(24(30)32)29-16-6-4-15(5-7-16)25(33)34-18-9-10-19(26)14(2)11-18/h3-12,29H,1-2H3. The molecule has 0 fully saturated rings. The zero-order valence-electron chi connectivity index (χ0n) is 18.0. The van der Waals surface area contributed by atoms with Crippen molar-refractivity contribution in [1.82, 2.24) is 0 Å². The smallest absolute Gasteiger partial charge is 0.343 e. The van der Waals surface area contributed by atoms with Crippen molar-refractivity contribution in [3.63, 3.8) is 0 Å². The zero-order chi connectivity index (χ0) is 24.6. The number of hydrogen-bond acceptors (Lipinski definition) is 5. The summed E-state index contributed by atoms with van der Waals surface area (Å²) in [6, 6.07) is 16.0. The van der Waals surface area contributed by atoms with E-state index < -0.39 is 17.8 Å². The fourth-order valence-electron chi connectivity index (χ4n) is 3.25. The van der Waals surface area contributed by atoms with Gasteiger partial charge in [-0.05, 0) is 79.6 Å². The van der Waals surface area contributed by atoms with Crippen molar-refractivity contribution in [1.29, 1.82) is 0 Å². The van der Waals surface area contributed by atoms with Crippen molar-refractivity contribution in [2.24, 2.45) is 0 Å². The Morgan fingerprint density at radius 3 is 2.18 bits per heavy atom. The lowest BCUT2D eigenvalue weighted by molar-refractivity contribution is -0.120. The van der Waals surface area contributed by atoms with Crippen LogP contribution in [-0.2, 0) is 9.59 Å². The molecule has 3 aromatic carbocycles. The molecule has 0 aliphatic carbocycles. The van der Waals surface area contributed by atoms with E-state index in [2.05, 4.69) is 5.32 Å². The molecule has 9 heteroatoms. The van der Waals surface area contributed by atoms with Crippen LogP contribution in [0.4, 0.5) is 11.4 Å². The van der Waals surface area contributed by atoms with Gasteiger partial charge in [0.15, 0.2) is 0 Å². The highest BCUT2D eigenvalue weighted by atomic mass is 35.5. The molecule has 6 nitrogen and oxygen atoms in total. The van der Waals surface area contributed by atoms with Gasteiger partial charge in [-0.25, -0.2) is 9.69 Å². The van der Waals surface area contributed by atoms with Crippen LogP contribution in [0.5, 0.6) is 5.75 Å². The molecule has 172 valence electrons. The molecule has 2 amide bonds. The van der Waals surface area contributed by atoms with Crippen LogP contribution in [0.15, 0.2) is 71.4 Å². The van der Waals surface area contributed by atoms with E-state index in [1.165, 1.54) is 18.2 Å². The molecule has 0 spiro atoms. The number of esters is 1. The van der Waals surface area contributed by atoms with E-state index in [-0.39, 0.29) is 10.7 Å².